The van der Waals surface area contributed by atoms with Gasteiger partial charge in [-0.3, -0.25) is 4.79 Å². The molecule has 0 saturated heterocycles. The zero-order valence-corrected chi connectivity index (χ0v) is 17.1. The van der Waals surface area contributed by atoms with Crippen LogP contribution in [0.4, 0.5) is 4.79 Å². The van der Waals surface area contributed by atoms with Crippen molar-refractivity contribution in [1.82, 2.24) is 14.9 Å². The molecule has 160 valence electrons. The van der Waals surface area contributed by atoms with Crippen LogP contribution in [0.3, 0.4) is 0 Å². The van der Waals surface area contributed by atoms with Crippen LogP contribution in [0.5, 0.6) is 11.5 Å². The molecule has 0 aliphatic carbocycles. The number of benzene rings is 1. The Morgan fingerprint density at radius 1 is 1.26 bits per heavy atom. The van der Waals surface area contributed by atoms with E-state index in [1.165, 1.54) is 7.11 Å². The number of amides is 2. The first-order valence-electron chi connectivity index (χ1n) is 9.77. The lowest BCUT2D eigenvalue weighted by Crippen LogP contribution is -2.43. The number of urea groups is 1. The number of aliphatic imine (C=N–C) groups is 1. The number of aromatic nitrogens is 2. The standard InChI is InChI=1S/C22H22N4O5/c1-13-18(21(27)28)19(25-22(29)24-13)15-5-6-16(17(12-15)30-2)31-11-10-26-9-7-14-4-3-8-23-20(14)26/h3-9,12,18-19H,10-11H2,1-2H3,(H,25,29)(H,27,28). The Morgan fingerprint density at radius 2 is 2.10 bits per heavy atom. The van der Waals surface area contributed by atoms with E-state index in [-0.39, 0.29) is 5.71 Å². The third-order valence-electron chi connectivity index (χ3n) is 5.27. The highest BCUT2D eigenvalue weighted by atomic mass is 16.5. The fourth-order valence-electron chi connectivity index (χ4n) is 3.77. The van der Waals surface area contributed by atoms with E-state index in [1.54, 1.807) is 31.3 Å². The lowest BCUT2D eigenvalue weighted by Gasteiger charge is -2.28. The molecule has 2 unspecified atom stereocenters. The lowest BCUT2D eigenvalue weighted by atomic mass is 9.88. The van der Waals surface area contributed by atoms with Gasteiger partial charge in [-0.05, 0) is 42.8 Å². The number of carboxylic acids is 1. The molecule has 2 amide bonds. The number of carbonyl (C=O) groups is 2. The smallest absolute Gasteiger partial charge is 0.341 e. The number of pyridine rings is 1. The average Bonchev–Trinajstić information content (AvgIpc) is 3.16. The van der Waals surface area contributed by atoms with E-state index in [9.17, 15) is 14.7 Å². The van der Waals surface area contributed by atoms with Crippen LogP contribution in [0.25, 0.3) is 11.0 Å². The molecule has 0 bridgehead atoms. The number of carbonyl (C=O) groups excluding carboxylic acids is 1. The summed E-state index contributed by atoms with van der Waals surface area (Å²) in [5.41, 5.74) is 1.74. The number of rotatable bonds is 7. The highest BCUT2D eigenvalue weighted by Gasteiger charge is 2.37. The molecule has 9 heteroatoms. The second-order valence-corrected chi connectivity index (χ2v) is 7.18. The van der Waals surface area contributed by atoms with Gasteiger partial charge in [0.05, 0.1) is 19.7 Å². The first kappa shape index (κ1) is 20.4. The molecule has 31 heavy (non-hydrogen) atoms. The van der Waals surface area contributed by atoms with Crippen molar-refractivity contribution in [3.8, 4) is 11.5 Å². The van der Waals surface area contributed by atoms with Gasteiger partial charge < -0.3 is 24.5 Å². The van der Waals surface area contributed by atoms with E-state index in [0.717, 1.165) is 11.0 Å². The van der Waals surface area contributed by atoms with Crippen molar-refractivity contribution in [1.29, 1.82) is 0 Å². The van der Waals surface area contributed by atoms with Gasteiger partial charge in [-0.15, -0.1) is 0 Å². The van der Waals surface area contributed by atoms with Crippen LogP contribution < -0.4 is 14.8 Å². The summed E-state index contributed by atoms with van der Waals surface area (Å²) in [7, 11) is 1.51. The third kappa shape index (κ3) is 4.07. The van der Waals surface area contributed by atoms with Crippen LogP contribution >= 0.6 is 0 Å². The topological polar surface area (TPSA) is 115 Å². The number of methoxy groups -OCH3 is 1. The Balaban J connectivity index is 1.51. The van der Waals surface area contributed by atoms with E-state index in [0.29, 0.717) is 30.2 Å². The molecular formula is C22H22N4O5. The van der Waals surface area contributed by atoms with Gasteiger partial charge in [0.15, 0.2) is 11.5 Å². The van der Waals surface area contributed by atoms with Gasteiger partial charge >= 0.3 is 12.0 Å². The molecule has 0 saturated carbocycles. The normalized spacial score (nSPS) is 18.4. The van der Waals surface area contributed by atoms with Crippen molar-refractivity contribution in [3.05, 3.63) is 54.4 Å². The predicted molar refractivity (Wildman–Crippen MR) is 114 cm³/mol. The maximum absolute atomic E-state index is 11.8. The summed E-state index contributed by atoms with van der Waals surface area (Å²) in [5, 5.41) is 13.3. The number of aliphatic carboxylic acids is 1. The quantitative estimate of drug-likeness (QED) is 0.605. The van der Waals surface area contributed by atoms with Crippen LogP contribution in [-0.2, 0) is 11.3 Å². The van der Waals surface area contributed by atoms with Crippen LogP contribution in [0.15, 0.2) is 53.8 Å². The largest absolute Gasteiger partial charge is 0.493 e. The summed E-state index contributed by atoms with van der Waals surface area (Å²) in [5.74, 6) is -1.04. The van der Waals surface area contributed by atoms with Gasteiger partial charge in [0.2, 0.25) is 0 Å². The van der Waals surface area contributed by atoms with Crippen molar-refractivity contribution < 1.29 is 24.2 Å². The molecule has 0 fully saturated rings. The molecule has 1 aromatic carbocycles. The third-order valence-corrected chi connectivity index (χ3v) is 5.27. The van der Waals surface area contributed by atoms with Crippen LogP contribution in [-0.4, -0.2) is 46.1 Å². The maximum atomic E-state index is 11.8. The van der Waals surface area contributed by atoms with E-state index in [1.807, 2.05) is 29.0 Å². The number of hydrogen-bond donors (Lipinski definition) is 2. The zero-order valence-electron chi connectivity index (χ0n) is 17.1. The highest BCUT2D eigenvalue weighted by molar-refractivity contribution is 6.07. The summed E-state index contributed by atoms with van der Waals surface area (Å²) in [6.45, 7) is 2.53. The number of hydrogen-bond acceptors (Lipinski definition) is 5. The minimum atomic E-state index is -1.06. The summed E-state index contributed by atoms with van der Waals surface area (Å²) in [4.78, 5) is 31.7. The van der Waals surface area contributed by atoms with Crippen LogP contribution in [0.2, 0.25) is 0 Å². The molecule has 2 aromatic heterocycles. The monoisotopic (exact) mass is 422 g/mol. The second kappa shape index (κ2) is 8.47. The second-order valence-electron chi connectivity index (χ2n) is 7.18. The van der Waals surface area contributed by atoms with E-state index >= 15 is 0 Å². The Bertz CT molecular complexity index is 1170. The Morgan fingerprint density at radius 3 is 2.87 bits per heavy atom. The molecular weight excluding hydrogens is 400 g/mol. The SMILES string of the molecule is COc1cc(C2NC(=O)N=C(C)C2C(=O)O)ccc1OCCn1ccc2cccnc21. The zero-order chi connectivity index (χ0) is 22.0. The summed E-state index contributed by atoms with van der Waals surface area (Å²) in [6.07, 6.45) is 3.71. The Kier molecular flexibility index (Phi) is 5.57. The first-order chi connectivity index (χ1) is 15.0. The van der Waals surface area contributed by atoms with Gasteiger partial charge in [0, 0.05) is 23.5 Å². The molecule has 1 aliphatic rings. The highest BCUT2D eigenvalue weighted by Crippen LogP contribution is 2.34. The van der Waals surface area contributed by atoms with Crippen molar-refractivity contribution in [2.24, 2.45) is 10.9 Å². The minimum absolute atomic E-state index is 0.258. The Hall–Kier alpha value is -3.88. The number of ether oxygens (including phenoxy) is 2. The molecule has 9 nitrogen and oxygen atoms in total. The number of carboxylic acid groups (broad SMARTS) is 1. The summed E-state index contributed by atoms with van der Waals surface area (Å²) >= 11 is 0. The van der Waals surface area contributed by atoms with E-state index in [2.05, 4.69) is 15.3 Å². The van der Waals surface area contributed by atoms with Crippen molar-refractivity contribution in [2.45, 2.75) is 19.5 Å². The van der Waals surface area contributed by atoms with Crippen molar-refractivity contribution in [2.75, 3.05) is 13.7 Å². The van der Waals surface area contributed by atoms with Crippen molar-refractivity contribution in [3.63, 3.8) is 0 Å². The molecule has 2 N–H and O–H groups in total. The van der Waals surface area contributed by atoms with Gasteiger partial charge in [-0.25, -0.2) is 14.8 Å². The molecule has 2 atom stereocenters. The summed E-state index contributed by atoms with van der Waals surface area (Å²) in [6, 6.07) is 9.71. The van der Waals surface area contributed by atoms with Gasteiger partial charge in [-0.2, -0.15) is 0 Å². The van der Waals surface area contributed by atoms with Crippen LogP contribution in [0, 0.1) is 5.92 Å². The fraction of sp³-hybridized carbons (Fsp3) is 0.273. The van der Waals surface area contributed by atoms with Gasteiger partial charge in [-0.1, -0.05) is 6.07 Å². The number of fused-ring (bicyclic) bond motifs is 1. The van der Waals surface area contributed by atoms with Gasteiger partial charge in [0.1, 0.15) is 18.2 Å². The lowest BCUT2D eigenvalue weighted by molar-refractivity contribution is -0.140. The molecule has 0 spiro atoms. The molecule has 4 rings (SSSR count). The molecule has 0 radical (unpaired) electrons. The Labute approximate surface area is 178 Å². The predicted octanol–water partition coefficient (Wildman–Crippen LogP) is 3.05. The van der Waals surface area contributed by atoms with Crippen molar-refractivity contribution >= 4 is 28.7 Å². The maximum Gasteiger partial charge on any atom is 0.341 e. The molecule has 1 aliphatic heterocycles. The van der Waals surface area contributed by atoms with E-state index < -0.39 is 24.0 Å². The van der Waals surface area contributed by atoms with Crippen LogP contribution in [0.1, 0.15) is 18.5 Å². The number of nitrogens with one attached hydrogen (secondary N) is 1. The fourth-order valence-corrected chi connectivity index (χ4v) is 3.77. The molecule has 3 aromatic rings. The minimum Gasteiger partial charge on any atom is -0.493 e. The van der Waals surface area contributed by atoms with E-state index in [4.69, 9.17) is 9.47 Å². The number of nitrogens with zero attached hydrogens (tertiary/aromatic N) is 3. The average molecular weight is 422 g/mol. The molecule has 3 heterocycles. The summed E-state index contributed by atoms with van der Waals surface area (Å²) < 4.78 is 13.4. The first-order valence-corrected chi connectivity index (χ1v) is 9.77. The van der Waals surface area contributed by atoms with Gasteiger partial charge in [0.25, 0.3) is 0 Å².